The molecule has 5 heteroatoms. The standard InChI is InChI=1S/C11H18N2O3/c14-8-3-9(12-4-8)10(15)13-5-11(16,6-13)7-1-2-7/h7-9,12,14,16H,1-6H2. The summed E-state index contributed by atoms with van der Waals surface area (Å²) in [6.45, 7) is 1.45. The summed E-state index contributed by atoms with van der Waals surface area (Å²) in [7, 11) is 0. The summed E-state index contributed by atoms with van der Waals surface area (Å²) in [5.74, 6) is 0.445. The van der Waals surface area contributed by atoms with Crippen molar-refractivity contribution in [3.8, 4) is 0 Å². The van der Waals surface area contributed by atoms with Crippen molar-refractivity contribution in [3.63, 3.8) is 0 Å². The van der Waals surface area contributed by atoms with Crippen LogP contribution in [0.1, 0.15) is 19.3 Å². The molecule has 0 radical (unpaired) electrons. The number of aliphatic hydroxyl groups excluding tert-OH is 1. The van der Waals surface area contributed by atoms with Gasteiger partial charge in [-0.2, -0.15) is 0 Å². The number of nitrogens with one attached hydrogen (secondary N) is 1. The van der Waals surface area contributed by atoms with Crippen molar-refractivity contribution in [1.29, 1.82) is 0 Å². The summed E-state index contributed by atoms with van der Waals surface area (Å²) in [6.07, 6.45) is 2.28. The molecule has 2 aliphatic heterocycles. The summed E-state index contributed by atoms with van der Waals surface area (Å²) >= 11 is 0. The molecule has 90 valence electrons. The van der Waals surface area contributed by atoms with Crippen molar-refractivity contribution >= 4 is 5.91 Å². The molecule has 3 N–H and O–H groups in total. The highest BCUT2D eigenvalue weighted by molar-refractivity contribution is 5.83. The SMILES string of the molecule is O=C(C1CC(O)CN1)N1CC(O)(C2CC2)C1. The third-order valence-electron chi connectivity index (χ3n) is 3.98. The first-order valence-corrected chi connectivity index (χ1v) is 6.01. The van der Waals surface area contributed by atoms with E-state index < -0.39 is 11.7 Å². The molecule has 0 bridgehead atoms. The number of rotatable bonds is 2. The number of nitrogens with zero attached hydrogens (tertiary/aromatic N) is 1. The van der Waals surface area contributed by atoms with Crippen LogP contribution >= 0.6 is 0 Å². The maximum atomic E-state index is 11.9. The molecule has 0 aromatic rings. The van der Waals surface area contributed by atoms with Gasteiger partial charge < -0.3 is 20.4 Å². The first-order chi connectivity index (χ1) is 7.58. The molecule has 2 saturated heterocycles. The van der Waals surface area contributed by atoms with E-state index in [4.69, 9.17) is 0 Å². The van der Waals surface area contributed by atoms with Gasteiger partial charge in [0.05, 0.1) is 25.2 Å². The van der Waals surface area contributed by atoms with Gasteiger partial charge in [-0.3, -0.25) is 4.79 Å². The molecule has 0 aromatic carbocycles. The molecule has 3 aliphatic rings. The summed E-state index contributed by atoms with van der Waals surface area (Å²) < 4.78 is 0. The van der Waals surface area contributed by atoms with Gasteiger partial charge in [-0.1, -0.05) is 0 Å². The highest BCUT2D eigenvalue weighted by Crippen LogP contribution is 2.44. The molecule has 3 rings (SSSR count). The number of carbonyl (C=O) groups excluding carboxylic acids is 1. The second kappa shape index (κ2) is 3.42. The number of likely N-dealkylation sites (tertiary alicyclic amines) is 1. The van der Waals surface area contributed by atoms with Gasteiger partial charge in [0, 0.05) is 6.54 Å². The fraction of sp³-hybridized carbons (Fsp3) is 0.909. The summed E-state index contributed by atoms with van der Waals surface area (Å²) in [4.78, 5) is 13.6. The number of β-amino-alcohol motifs (C(OH)–C–C–N with tert-alkyl or cyclic N) is 2. The minimum absolute atomic E-state index is 0.0295. The van der Waals surface area contributed by atoms with Gasteiger partial charge in [-0.25, -0.2) is 0 Å². The normalized spacial score (nSPS) is 37.2. The Kier molecular flexibility index (Phi) is 2.24. The second-order valence-corrected chi connectivity index (χ2v) is 5.42. The molecular formula is C11H18N2O3. The van der Waals surface area contributed by atoms with Gasteiger partial charge >= 0.3 is 0 Å². The van der Waals surface area contributed by atoms with E-state index in [2.05, 4.69) is 5.32 Å². The van der Waals surface area contributed by atoms with Gasteiger partial charge in [-0.05, 0) is 25.2 Å². The number of aliphatic hydroxyl groups is 2. The van der Waals surface area contributed by atoms with Crippen LogP contribution in [0.4, 0.5) is 0 Å². The average molecular weight is 226 g/mol. The van der Waals surface area contributed by atoms with Crippen LogP contribution in [0.25, 0.3) is 0 Å². The van der Waals surface area contributed by atoms with Crippen molar-refractivity contribution in [2.75, 3.05) is 19.6 Å². The van der Waals surface area contributed by atoms with Crippen molar-refractivity contribution in [2.24, 2.45) is 5.92 Å². The number of amides is 1. The molecule has 2 atom stereocenters. The van der Waals surface area contributed by atoms with E-state index in [1.54, 1.807) is 4.90 Å². The minimum Gasteiger partial charge on any atom is -0.392 e. The highest BCUT2D eigenvalue weighted by Gasteiger charge is 2.54. The van der Waals surface area contributed by atoms with Crippen LogP contribution in [0.3, 0.4) is 0 Å². The van der Waals surface area contributed by atoms with Gasteiger partial charge in [-0.15, -0.1) is 0 Å². The Morgan fingerprint density at radius 2 is 2.06 bits per heavy atom. The Morgan fingerprint density at radius 1 is 1.38 bits per heavy atom. The highest BCUT2D eigenvalue weighted by atomic mass is 16.3. The zero-order valence-electron chi connectivity index (χ0n) is 9.22. The third-order valence-corrected chi connectivity index (χ3v) is 3.98. The Hall–Kier alpha value is -0.650. The van der Waals surface area contributed by atoms with E-state index in [-0.39, 0.29) is 11.9 Å². The molecule has 1 saturated carbocycles. The molecule has 16 heavy (non-hydrogen) atoms. The van der Waals surface area contributed by atoms with E-state index in [0.717, 1.165) is 12.8 Å². The van der Waals surface area contributed by atoms with Crippen molar-refractivity contribution in [1.82, 2.24) is 10.2 Å². The van der Waals surface area contributed by atoms with E-state index in [9.17, 15) is 15.0 Å². The van der Waals surface area contributed by atoms with Crippen LogP contribution in [0.15, 0.2) is 0 Å². The summed E-state index contributed by atoms with van der Waals surface area (Å²) in [6, 6.07) is -0.251. The lowest BCUT2D eigenvalue weighted by Crippen LogP contribution is -2.66. The smallest absolute Gasteiger partial charge is 0.240 e. The van der Waals surface area contributed by atoms with Gasteiger partial charge in [0.1, 0.15) is 5.60 Å². The Bertz CT molecular complexity index is 310. The zero-order valence-corrected chi connectivity index (χ0v) is 9.22. The molecule has 5 nitrogen and oxygen atoms in total. The van der Waals surface area contributed by atoms with Crippen molar-refractivity contribution < 1.29 is 15.0 Å². The fourth-order valence-electron chi connectivity index (χ4n) is 2.77. The predicted octanol–water partition coefficient (Wildman–Crippen LogP) is -1.31. The molecule has 2 heterocycles. The summed E-state index contributed by atoms with van der Waals surface area (Å²) in [5, 5.41) is 22.4. The quantitative estimate of drug-likeness (QED) is 0.547. The van der Waals surface area contributed by atoms with Gasteiger partial charge in [0.15, 0.2) is 0 Å². The zero-order chi connectivity index (χ0) is 11.3. The monoisotopic (exact) mass is 226 g/mol. The lowest BCUT2D eigenvalue weighted by molar-refractivity contribution is -0.161. The van der Waals surface area contributed by atoms with Crippen molar-refractivity contribution in [2.45, 2.75) is 37.0 Å². The molecule has 0 aromatic heterocycles. The first kappa shape index (κ1) is 10.5. The van der Waals surface area contributed by atoms with Crippen LogP contribution in [-0.2, 0) is 4.79 Å². The van der Waals surface area contributed by atoms with Crippen LogP contribution < -0.4 is 5.32 Å². The Morgan fingerprint density at radius 3 is 2.56 bits per heavy atom. The van der Waals surface area contributed by atoms with Crippen LogP contribution in [0, 0.1) is 5.92 Å². The third kappa shape index (κ3) is 1.63. The van der Waals surface area contributed by atoms with Crippen LogP contribution in [0.5, 0.6) is 0 Å². The minimum atomic E-state index is -0.604. The Labute approximate surface area is 94.4 Å². The molecule has 1 aliphatic carbocycles. The predicted molar refractivity (Wildman–Crippen MR) is 56.7 cm³/mol. The average Bonchev–Trinajstić information content (AvgIpc) is 2.96. The van der Waals surface area contributed by atoms with Gasteiger partial charge in [0.2, 0.25) is 5.91 Å². The molecule has 1 amide bonds. The molecule has 2 unspecified atom stereocenters. The van der Waals surface area contributed by atoms with E-state index in [0.29, 0.717) is 32.0 Å². The molecule has 0 spiro atoms. The maximum Gasteiger partial charge on any atom is 0.240 e. The van der Waals surface area contributed by atoms with E-state index >= 15 is 0 Å². The lowest BCUT2D eigenvalue weighted by atomic mass is 9.88. The van der Waals surface area contributed by atoms with Crippen LogP contribution in [0.2, 0.25) is 0 Å². The lowest BCUT2D eigenvalue weighted by Gasteiger charge is -2.47. The molecular weight excluding hydrogens is 208 g/mol. The summed E-state index contributed by atoms with van der Waals surface area (Å²) in [5.41, 5.74) is -0.604. The van der Waals surface area contributed by atoms with Crippen LogP contribution in [-0.4, -0.2) is 58.4 Å². The molecule has 3 fully saturated rings. The number of hydrogen-bond donors (Lipinski definition) is 3. The maximum absolute atomic E-state index is 11.9. The Balaban J connectivity index is 1.54. The first-order valence-electron chi connectivity index (χ1n) is 6.01. The second-order valence-electron chi connectivity index (χ2n) is 5.42. The van der Waals surface area contributed by atoms with Gasteiger partial charge in [0.25, 0.3) is 0 Å². The number of carbonyl (C=O) groups is 1. The van der Waals surface area contributed by atoms with Crippen molar-refractivity contribution in [3.05, 3.63) is 0 Å². The van der Waals surface area contributed by atoms with E-state index in [1.165, 1.54) is 0 Å². The fourth-order valence-corrected chi connectivity index (χ4v) is 2.77. The topological polar surface area (TPSA) is 72.8 Å². The largest absolute Gasteiger partial charge is 0.392 e. The number of hydrogen-bond acceptors (Lipinski definition) is 4. The van der Waals surface area contributed by atoms with E-state index in [1.807, 2.05) is 0 Å².